The number of carbonyl (C=O) groups excluding carboxylic acids is 3. The number of hydrogen-bond acceptors (Lipinski definition) is 4. The molecule has 3 rings (SSSR count). The molecular formula is C18H16N2O4. The Morgan fingerprint density at radius 1 is 1.08 bits per heavy atom. The number of rotatable bonds is 4. The lowest BCUT2D eigenvalue weighted by atomic mass is 10.1. The Balaban J connectivity index is 1.66. The SMILES string of the molecule is Cc1cccc(OCC(=O)Nc2ccc3c(c2)C(=O)NC3=O)c1C. The van der Waals surface area contributed by atoms with Crippen molar-refractivity contribution in [1.82, 2.24) is 5.32 Å². The highest BCUT2D eigenvalue weighted by Gasteiger charge is 2.26. The molecule has 0 aliphatic carbocycles. The minimum Gasteiger partial charge on any atom is -0.483 e. The second-order valence-corrected chi connectivity index (χ2v) is 5.58. The van der Waals surface area contributed by atoms with Gasteiger partial charge in [-0.1, -0.05) is 12.1 Å². The number of hydrogen-bond donors (Lipinski definition) is 2. The molecule has 122 valence electrons. The van der Waals surface area contributed by atoms with Gasteiger partial charge in [0.1, 0.15) is 5.75 Å². The van der Waals surface area contributed by atoms with Crippen molar-refractivity contribution in [3.63, 3.8) is 0 Å². The van der Waals surface area contributed by atoms with Crippen molar-refractivity contribution in [2.45, 2.75) is 13.8 Å². The van der Waals surface area contributed by atoms with Crippen molar-refractivity contribution < 1.29 is 19.1 Å². The number of aryl methyl sites for hydroxylation is 1. The Bertz CT molecular complexity index is 858. The molecule has 3 amide bonds. The van der Waals surface area contributed by atoms with E-state index >= 15 is 0 Å². The molecule has 0 fully saturated rings. The first-order chi connectivity index (χ1) is 11.5. The van der Waals surface area contributed by atoms with Gasteiger partial charge in [0.15, 0.2) is 6.61 Å². The van der Waals surface area contributed by atoms with Crippen LogP contribution in [0.15, 0.2) is 36.4 Å². The topological polar surface area (TPSA) is 84.5 Å². The number of benzene rings is 2. The highest BCUT2D eigenvalue weighted by molar-refractivity contribution is 6.22. The van der Waals surface area contributed by atoms with Gasteiger partial charge in [0.25, 0.3) is 17.7 Å². The summed E-state index contributed by atoms with van der Waals surface area (Å²) in [6.07, 6.45) is 0. The van der Waals surface area contributed by atoms with Crippen LogP contribution in [0.2, 0.25) is 0 Å². The smallest absolute Gasteiger partial charge is 0.262 e. The molecule has 1 aliphatic rings. The van der Waals surface area contributed by atoms with E-state index in [2.05, 4.69) is 10.6 Å². The predicted molar refractivity (Wildman–Crippen MR) is 88.3 cm³/mol. The van der Waals surface area contributed by atoms with E-state index in [0.717, 1.165) is 11.1 Å². The number of carbonyl (C=O) groups is 3. The lowest BCUT2D eigenvalue weighted by molar-refractivity contribution is -0.118. The van der Waals surface area contributed by atoms with E-state index in [9.17, 15) is 14.4 Å². The largest absolute Gasteiger partial charge is 0.483 e. The maximum Gasteiger partial charge on any atom is 0.262 e. The fourth-order valence-corrected chi connectivity index (χ4v) is 2.47. The van der Waals surface area contributed by atoms with Gasteiger partial charge >= 0.3 is 0 Å². The number of ether oxygens (including phenoxy) is 1. The van der Waals surface area contributed by atoms with Crippen LogP contribution in [0.5, 0.6) is 5.75 Å². The zero-order valence-electron chi connectivity index (χ0n) is 13.3. The Hall–Kier alpha value is -3.15. The van der Waals surface area contributed by atoms with Crippen LogP contribution in [0.1, 0.15) is 31.8 Å². The van der Waals surface area contributed by atoms with Crippen molar-refractivity contribution in [3.8, 4) is 5.75 Å². The second kappa shape index (κ2) is 6.16. The molecule has 6 nitrogen and oxygen atoms in total. The zero-order chi connectivity index (χ0) is 17.3. The molecule has 0 saturated carbocycles. The molecular weight excluding hydrogens is 308 g/mol. The summed E-state index contributed by atoms with van der Waals surface area (Å²) in [5.74, 6) is -0.575. The molecule has 2 N–H and O–H groups in total. The number of nitrogens with one attached hydrogen (secondary N) is 2. The fraction of sp³-hybridized carbons (Fsp3) is 0.167. The molecule has 2 aromatic carbocycles. The van der Waals surface area contributed by atoms with E-state index in [0.29, 0.717) is 17.0 Å². The highest BCUT2D eigenvalue weighted by Crippen LogP contribution is 2.22. The summed E-state index contributed by atoms with van der Waals surface area (Å²) in [5.41, 5.74) is 3.08. The van der Waals surface area contributed by atoms with Gasteiger partial charge in [-0.2, -0.15) is 0 Å². The van der Waals surface area contributed by atoms with Gasteiger partial charge in [-0.15, -0.1) is 0 Å². The molecule has 0 bridgehead atoms. The summed E-state index contributed by atoms with van der Waals surface area (Å²) in [5, 5.41) is 4.86. The van der Waals surface area contributed by atoms with Crippen molar-refractivity contribution in [3.05, 3.63) is 58.7 Å². The normalized spacial score (nSPS) is 12.6. The Morgan fingerprint density at radius 2 is 1.83 bits per heavy atom. The summed E-state index contributed by atoms with van der Waals surface area (Å²) in [6, 6.07) is 10.2. The Kier molecular flexibility index (Phi) is 4.04. The van der Waals surface area contributed by atoms with E-state index < -0.39 is 11.8 Å². The summed E-state index contributed by atoms with van der Waals surface area (Å²) >= 11 is 0. The molecule has 1 heterocycles. The summed E-state index contributed by atoms with van der Waals surface area (Å²) < 4.78 is 5.54. The molecule has 0 radical (unpaired) electrons. The van der Waals surface area contributed by atoms with Crippen LogP contribution in [0.25, 0.3) is 0 Å². The minimum atomic E-state index is -0.460. The van der Waals surface area contributed by atoms with Gasteiger partial charge in [0.2, 0.25) is 0 Å². The van der Waals surface area contributed by atoms with E-state index in [1.54, 1.807) is 12.1 Å². The van der Waals surface area contributed by atoms with Crippen LogP contribution in [-0.4, -0.2) is 24.3 Å². The van der Waals surface area contributed by atoms with Crippen molar-refractivity contribution in [2.24, 2.45) is 0 Å². The number of anilines is 1. The molecule has 0 atom stereocenters. The quantitative estimate of drug-likeness (QED) is 0.845. The van der Waals surface area contributed by atoms with Crippen LogP contribution in [0.3, 0.4) is 0 Å². The first kappa shape index (κ1) is 15.7. The maximum absolute atomic E-state index is 12.0. The summed E-state index contributed by atoms with van der Waals surface area (Å²) in [4.78, 5) is 35.1. The Labute approximate surface area is 138 Å². The molecule has 0 aromatic heterocycles. The second-order valence-electron chi connectivity index (χ2n) is 5.58. The molecule has 24 heavy (non-hydrogen) atoms. The number of amides is 3. The maximum atomic E-state index is 12.0. The highest BCUT2D eigenvalue weighted by atomic mass is 16.5. The molecule has 2 aromatic rings. The standard InChI is InChI=1S/C18H16N2O4/c1-10-4-3-5-15(11(10)2)24-9-16(21)19-12-6-7-13-14(8-12)18(23)20-17(13)22/h3-8H,9H2,1-2H3,(H,19,21)(H,20,22,23). The molecule has 0 spiro atoms. The third-order valence-electron chi connectivity index (χ3n) is 3.93. The molecule has 0 saturated heterocycles. The third kappa shape index (κ3) is 2.99. The number of fused-ring (bicyclic) bond motifs is 1. The van der Waals surface area contributed by atoms with Gasteiger partial charge in [-0.25, -0.2) is 0 Å². The number of imide groups is 1. The van der Waals surface area contributed by atoms with Crippen LogP contribution >= 0.6 is 0 Å². The summed E-state index contributed by atoms with van der Waals surface area (Å²) in [7, 11) is 0. The summed E-state index contributed by atoms with van der Waals surface area (Å²) in [6.45, 7) is 3.75. The van der Waals surface area contributed by atoms with Crippen LogP contribution < -0.4 is 15.4 Å². The molecule has 1 aliphatic heterocycles. The average molecular weight is 324 g/mol. The molecule has 0 unspecified atom stereocenters. The minimum absolute atomic E-state index is 0.146. The lowest BCUT2D eigenvalue weighted by Gasteiger charge is -2.11. The zero-order valence-corrected chi connectivity index (χ0v) is 13.3. The monoisotopic (exact) mass is 324 g/mol. The van der Waals surface area contributed by atoms with E-state index in [1.165, 1.54) is 12.1 Å². The Morgan fingerprint density at radius 3 is 2.62 bits per heavy atom. The van der Waals surface area contributed by atoms with Gasteiger partial charge in [-0.05, 0) is 49.2 Å². The van der Waals surface area contributed by atoms with Crippen molar-refractivity contribution in [1.29, 1.82) is 0 Å². The van der Waals surface area contributed by atoms with Crippen molar-refractivity contribution >= 4 is 23.4 Å². The van der Waals surface area contributed by atoms with E-state index in [-0.39, 0.29) is 18.1 Å². The fourth-order valence-electron chi connectivity index (χ4n) is 2.47. The van der Waals surface area contributed by atoms with Gasteiger partial charge < -0.3 is 10.1 Å². The van der Waals surface area contributed by atoms with E-state index in [1.807, 2.05) is 26.0 Å². The van der Waals surface area contributed by atoms with Gasteiger partial charge in [0, 0.05) is 5.69 Å². The van der Waals surface area contributed by atoms with Crippen molar-refractivity contribution in [2.75, 3.05) is 11.9 Å². The lowest BCUT2D eigenvalue weighted by Crippen LogP contribution is -2.21. The average Bonchev–Trinajstić information content (AvgIpc) is 2.83. The van der Waals surface area contributed by atoms with E-state index in [4.69, 9.17) is 4.74 Å². The third-order valence-corrected chi connectivity index (χ3v) is 3.93. The first-order valence-electron chi connectivity index (χ1n) is 7.44. The first-order valence-corrected chi connectivity index (χ1v) is 7.44. The predicted octanol–water partition coefficient (Wildman–Crippen LogP) is 2.20. The van der Waals surface area contributed by atoms with Crippen LogP contribution in [-0.2, 0) is 4.79 Å². The van der Waals surface area contributed by atoms with Gasteiger partial charge in [-0.3, -0.25) is 19.7 Å². The molecule has 6 heteroatoms. The van der Waals surface area contributed by atoms with Crippen LogP contribution in [0.4, 0.5) is 5.69 Å². The van der Waals surface area contributed by atoms with Gasteiger partial charge in [0.05, 0.1) is 11.1 Å². The van der Waals surface area contributed by atoms with Crippen LogP contribution in [0, 0.1) is 13.8 Å².